The Morgan fingerprint density at radius 3 is 3.00 bits per heavy atom. The highest BCUT2D eigenvalue weighted by Crippen LogP contribution is 2.19. The van der Waals surface area contributed by atoms with Gasteiger partial charge in [0.1, 0.15) is 0 Å². The van der Waals surface area contributed by atoms with E-state index in [1.807, 2.05) is 6.07 Å². The number of rotatable bonds is 5. The topological polar surface area (TPSA) is 36.0 Å². The number of hydrogen-bond donors (Lipinski definition) is 2. The lowest BCUT2D eigenvalue weighted by Crippen LogP contribution is -2.01. The summed E-state index contributed by atoms with van der Waals surface area (Å²) in [7, 11) is 0. The normalized spacial score (nSPS) is 12.8. The fraction of sp³-hybridized carbons (Fsp3) is 0.286. The first-order valence-corrected chi connectivity index (χ1v) is 5.67. The molecule has 16 heavy (non-hydrogen) atoms. The number of benzene rings is 1. The van der Waals surface area contributed by atoms with E-state index in [0.29, 0.717) is 0 Å². The number of nitrogens with one attached hydrogen (secondary N) is 1. The Morgan fingerprint density at radius 1 is 1.38 bits per heavy atom. The molecule has 0 aliphatic rings. The lowest BCUT2D eigenvalue weighted by atomic mass is 10.1. The van der Waals surface area contributed by atoms with E-state index < -0.39 is 0 Å². The van der Waals surface area contributed by atoms with Gasteiger partial charge in [0.25, 0.3) is 0 Å². The van der Waals surface area contributed by atoms with E-state index in [9.17, 15) is 5.11 Å². The van der Waals surface area contributed by atoms with Gasteiger partial charge in [-0.2, -0.15) is 0 Å². The molecule has 1 atom stereocenters. The summed E-state index contributed by atoms with van der Waals surface area (Å²) in [4.78, 5) is 3.26. The van der Waals surface area contributed by atoms with Crippen LogP contribution in [-0.4, -0.2) is 16.2 Å². The Hall–Kier alpha value is -1.54. The van der Waals surface area contributed by atoms with Gasteiger partial charge in [0.05, 0.1) is 6.10 Å². The first kappa shape index (κ1) is 11.0. The van der Waals surface area contributed by atoms with Gasteiger partial charge in [-0.3, -0.25) is 0 Å². The molecule has 1 aromatic heterocycles. The molecule has 84 valence electrons. The fourth-order valence-corrected chi connectivity index (χ4v) is 1.96. The summed E-state index contributed by atoms with van der Waals surface area (Å²) in [6.07, 6.45) is 6.04. The van der Waals surface area contributed by atoms with Gasteiger partial charge in [-0.25, -0.2) is 0 Å². The average Bonchev–Trinajstić information content (AvgIpc) is 2.73. The van der Waals surface area contributed by atoms with Crippen LogP contribution in [-0.2, 0) is 6.42 Å². The van der Waals surface area contributed by atoms with Crippen LogP contribution in [0, 0.1) is 0 Å². The van der Waals surface area contributed by atoms with E-state index in [0.717, 1.165) is 19.3 Å². The maximum Gasteiger partial charge on any atom is 0.0718 e. The molecule has 0 amide bonds. The largest absolute Gasteiger partial charge is 0.389 e. The van der Waals surface area contributed by atoms with E-state index in [2.05, 4.69) is 36.0 Å². The number of aromatic nitrogens is 1. The average molecular weight is 215 g/mol. The Balaban J connectivity index is 2.02. The molecule has 2 aromatic rings. The minimum Gasteiger partial charge on any atom is -0.389 e. The van der Waals surface area contributed by atoms with Crippen molar-refractivity contribution >= 4 is 10.9 Å². The monoisotopic (exact) mass is 215 g/mol. The fourth-order valence-electron chi connectivity index (χ4n) is 1.96. The molecular weight excluding hydrogens is 198 g/mol. The summed E-state index contributed by atoms with van der Waals surface area (Å²) < 4.78 is 0. The summed E-state index contributed by atoms with van der Waals surface area (Å²) >= 11 is 0. The van der Waals surface area contributed by atoms with Crippen LogP contribution in [0.1, 0.15) is 18.4 Å². The van der Waals surface area contributed by atoms with Crippen LogP contribution >= 0.6 is 0 Å². The van der Waals surface area contributed by atoms with E-state index in [-0.39, 0.29) is 6.10 Å². The minimum absolute atomic E-state index is 0.370. The lowest BCUT2D eigenvalue weighted by Gasteiger charge is -2.03. The van der Waals surface area contributed by atoms with Crippen LogP contribution < -0.4 is 0 Å². The second kappa shape index (κ2) is 4.99. The molecular formula is C14H17NO. The van der Waals surface area contributed by atoms with Crippen molar-refractivity contribution < 1.29 is 5.11 Å². The summed E-state index contributed by atoms with van der Waals surface area (Å²) in [5.41, 5.74) is 2.51. The van der Waals surface area contributed by atoms with Crippen molar-refractivity contribution in [2.75, 3.05) is 0 Å². The molecule has 1 aromatic carbocycles. The van der Waals surface area contributed by atoms with E-state index >= 15 is 0 Å². The minimum atomic E-state index is -0.370. The summed E-state index contributed by atoms with van der Waals surface area (Å²) in [5.74, 6) is 0. The zero-order valence-corrected chi connectivity index (χ0v) is 9.32. The quantitative estimate of drug-likeness (QED) is 0.739. The number of hydrogen-bond acceptors (Lipinski definition) is 1. The van der Waals surface area contributed by atoms with Crippen LogP contribution in [0.3, 0.4) is 0 Å². The molecule has 1 unspecified atom stereocenters. The highest BCUT2D eigenvalue weighted by atomic mass is 16.3. The number of aliphatic hydroxyl groups is 1. The van der Waals surface area contributed by atoms with E-state index in [1.165, 1.54) is 16.5 Å². The SMILES string of the molecule is C=CC(O)CCCc1c[nH]c2ccccc12. The van der Waals surface area contributed by atoms with Crippen LogP contribution in [0.25, 0.3) is 10.9 Å². The van der Waals surface area contributed by atoms with Gasteiger partial charge in [-0.15, -0.1) is 6.58 Å². The van der Waals surface area contributed by atoms with Gasteiger partial charge in [-0.05, 0) is 30.9 Å². The van der Waals surface area contributed by atoms with E-state index in [1.54, 1.807) is 6.08 Å². The van der Waals surface area contributed by atoms with Crippen molar-refractivity contribution in [3.05, 3.63) is 48.7 Å². The summed E-state index contributed by atoms with van der Waals surface area (Å²) in [5, 5.41) is 10.7. The zero-order chi connectivity index (χ0) is 11.4. The van der Waals surface area contributed by atoms with Gasteiger partial charge in [0, 0.05) is 17.1 Å². The molecule has 2 nitrogen and oxygen atoms in total. The Labute approximate surface area is 95.6 Å². The molecule has 0 fully saturated rings. The number of aromatic amines is 1. The molecule has 0 aliphatic carbocycles. The van der Waals surface area contributed by atoms with Crippen molar-refractivity contribution in [2.45, 2.75) is 25.4 Å². The number of fused-ring (bicyclic) bond motifs is 1. The van der Waals surface area contributed by atoms with Crippen LogP contribution in [0.15, 0.2) is 43.1 Å². The Bertz CT molecular complexity index is 472. The predicted octanol–water partition coefficient (Wildman–Crippen LogP) is 3.04. The molecule has 0 saturated heterocycles. The first-order chi connectivity index (χ1) is 7.81. The van der Waals surface area contributed by atoms with E-state index in [4.69, 9.17) is 0 Å². The highest BCUT2D eigenvalue weighted by Gasteiger charge is 2.03. The van der Waals surface area contributed by atoms with Crippen LogP contribution in [0.4, 0.5) is 0 Å². The van der Waals surface area contributed by atoms with Gasteiger partial charge < -0.3 is 10.1 Å². The number of aryl methyl sites for hydroxylation is 1. The van der Waals surface area contributed by atoms with Gasteiger partial charge >= 0.3 is 0 Å². The molecule has 0 bridgehead atoms. The molecule has 2 N–H and O–H groups in total. The Kier molecular flexibility index (Phi) is 3.42. The smallest absolute Gasteiger partial charge is 0.0718 e. The number of aliphatic hydroxyl groups excluding tert-OH is 1. The summed E-state index contributed by atoms with van der Waals surface area (Å²) in [6.45, 7) is 3.57. The summed E-state index contributed by atoms with van der Waals surface area (Å²) in [6, 6.07) is 8.30. The first-order valence-electron chi connectivity index (χ1n) is 5.67. The van der Waals surface area contributed by atoms with Crippen LogP contribution in [0.5, 0.6) is 0 Å². The third-order valence-electron chi connectivity index (χ3n) is 2.89. The number of H-pyrrole nitrogens is 1. The second-order valence-corrected chi connectivity index (χ2v) is 4.05. The molecule has 0 saturated carbocycles. The molecule has 0 aliphatic heterocycles. The van der Waals surface area contributed by atoms with Crippen molar-refractivity contribution in [3.8, 4) is 0 Å². The zero-order valence-electron chi connectivity index (χ0n) is 9.32. The van der Waals surface area contributed by atoms with Gasteiger partial charge in [0.2, 0.25) is 0 Å². The van der Waals surface area contributed by atoms with Crippen molar-refractivity contribution in [3.63, 3.8) is 0 Å². The predicted molar refractivity (Wildman–Crippen MR) is 67.4 cm³/mol. The standard InChI is InChI=1S/C14H17NO/c1-2-12(16)7-5-6-11-10-15-14-9-4-3-8-13(11)14/h2-4,8-10,12,15-16H,1,5-7H2. The lowest BCUT2D eigenvalue weighted by molar-refractivity contribution is 0.210. The molecule has 2 rings (SSSR count). The number of para-hydroxylation sites is 1. The van der Waals surface area contributed by atoms with Crippen LogP contribution in [0.2, 0.25) is 0 Å². The maximum atomic E-state index is 9.37. The van der Waals surface area contributed by atoms with Crippen molar-refractivity contribution in [1.82, 2.24) is 4.98 Å². The third-order valence-corrected chi connectivity index (χ3v) is 2.89. The third kappa shape index (κ3) is 2.34. The van der Waals surface area contributed by atoms with Gasteiger partial charge in [0.15, 0.2) is 0 Å². The maximum absolute atomic E-state index is 9.37. The molecule has 0 radical (unpaired) electrons. The molecule has 2 heteroatoms. The Morgan fingerprint density at radius 2 is 2.19 bits per heavy atom. The molecule has 0 spiro atoms. The van der Waals surface area contributed by atoms with Gasteiger partial charge in [-0.1, -0.05) is 24.3 Å². The second-order valence-electron chi connectivity index (χ2n) is 4.05. The molecule has 1 heterocycles. The highest BCUT2D eigenvalue weighted by molar-refractivity contribution is 5.82. The van der Waals surface area contributed by atoms with Crippen molar-refractivity contribution in [1.29, 1.82) is 0 Å². The van der Waals surface area contributed by atoms with Crippen molar-refractivity contribution in [2.24, 2.45) is 0 Å².